The molecule has 0 spiro atoms. The van der Waals surface area contributed by atoms with Crippen molar-refractivity contribution < 1.29 is 0 Å². The second kappa shape index (κ2) is 11.5. The maximum absolute atomic E-state index is 4.55. The van der Waals surface area contributed by atoms with E-state index >= 15 is 0 Å². The Morgan fingerprint density at radius 1 is 0.972 bits per heavy atom. The Hall–Kier alpha value is -3.48. The molecule has 0 fully saturated rings. The van der Waals surface area contributed by atoms with Crippen LogP contribution in [0.3, 0.4) is 0 Å². The molecule has 36 heavy (non-hydrogen) atoms. The standard InChI is InChI=1S/C27H30N7PS/c1-27(2,3)20-10-7-11-21(14-20)32-23-13-12-22(28-16-23)17-31-34(36)26-30-18-24(35)25(33-26)29-15-19-8-5-4-6-9-19/h4-14,16-18,32,36H,15,35H2,1-3H3,(H,29,30,33)/b31-17+. The summed E-state index contributed by atoms with van der Waals surface area (Å²) >= 11 is 4.42. The van der Waals surface area contributed by atoms with E-state index in [0.717, 1.165) is 22.2 Å². The number of pyridine rings is 1. The van der Waals surface area contributed by atoms with Gasteiger partial charge in [-0.05, 0) is 53.6 Å². The molecule has 9 heteroatoms. The Bertz CT molecular complexity index is 1320. The minimum atomic E-state index is 0.0910. The molecular formula is C27H30N7PS. The summed E-state index contributed by atoms with van der Waals surface area (Å²) in [4.78, 5) is 13.3. The van der Waals surface area contributed by atoms with E-state index in [9.17, 15) is 0 Å². The van der Waals surface area contributed by atoms with Crippen LogP contribution in [-0.4, -0.2) is 21.2 Å². The minimum Gasteiger partial charge on any atom is -0.365 e. The Labute approximate surface area is 220 Å². The topological polar surface area (TPSA) is 78.3 Å². The maximum atomic E-state index is 4.55. The molecule has 2 heterocycles. The average molecular weight is 516 g/mol. The third-order valence-electron chi connectivity index (χ3n) is 5.39. The van der Waals surface area contributed by atoms with Gasteiger partial charge in [-0.15, -0.1) is 0 Å². The number of hydrogen-bond donors (Lipinski definition) is 3. The Morgan fingerprint density at radius 3 is 2.50 bits per heavy atom. The number of aromatic nitrogens is 3. The van der Waals surface area contributed by atoms with Gasteiger partial charge in [-0.2, -0.15) is 14.5 Å². The average Bonchev–Trinajstić information content (AvgIpc) is 2.88. The lowest BCUT2D eigenvalue weighted by molar-refractivity contribution is 0.590. The fraction of sp³-hybridized carbons (Fsp3) is 0.185. The summed E-state index contributed by atoms with van der Waals surface area (Å²) in [5.74, 6) is 1.06. The first-order valence-corrected chi connectivity index (χ1v) is 12.5. The second-order valence-electron chi connectivity index (χ2n) is 9.27. The number of nitrogens with zero attached hydrogens (tertiary/aromatic N) is 5. The fourth-order valence-electron chi connectivity index (χ4n) is 3.35. The van der Waals surface area contributed by atoms with E-state index in [4.69, 9.17) is 0 Å². The van der Waals surface area contributed by atoms with Crippen molar-refractivity contribution in [1.82, 2.24) is 15.0 Å². The van der Waals surface area contributed by atoms with Crippen LogP contribution in [-0.2, 0) is 12.0 Å². The molecular weight excluding hydrogens is 485 g/mol. The highest BCUT2D eigenvalue weighted by Gasteiger charge is 2.13. The monoisotopic (exact) mass is 515 g/mol. The Morgan fingerprint density at radius 2 is 1.78 bits per heavy atom. The zero-order chi connectivity index (χ0) is 25.5. The van der Waals surface area contributed by atoms with Crippen LogP contribution < -0.4 is 20.4 Å². The SMILES string of the molecule is CC(C)(C)c1cccc(Nc2ccc(/C=N/N(S)c3ncc(P)c(NCc4ccccc4)n3)nc2)c1. The molecule has 0 aliphatic carbocycles. The van der Waals surface area contributed by atoms with Gasteiger partial charge in [-0.25, -0.2) is 4.98 Å². The summed E-state index contributed by atoms with van der Waals surface area (Å²) in [6, 6.07) is 22.4. The number of nitrogens with one attached hydrogen (secondary N) is 2. The van der Waals surface area contributed by atoms with Crippen LogP contribution in [0.1, 0.15) is 37.6 Å². The molecule has 0 amide bonds. The van der Waals surface area contributed by atoms with Crippen LogP contribution >= 0.6 is 22.1 Å². The van der Waals surface area contributed by atoms with Gasteiger partial charge in [-0.1, -0.05) is 72.5 Å². The first-order chi connectivity index (χ1) is 17.3. The number of hydrogen-bond acceptors (Lipinski definition) is 8. The molecule has 184 valence electrons. The molecule has 0 saturated carbocycles. The van der Waals surface area contributed by atoms with Crippen LogP contribution in [0.25, 0.3) is 0 Å². The van der Waals surface area contributed by atoms with Gasteiger partial charge in [0, 0.05) is 23.7 Å². The Kier molecular flexibility index (Phi) is 8.18. The van der Waals surface area contributed by atoms with Gasteiger partial charge in [0.25, 0.3) is 5.95 Å². The van der Waals surface area contributed by atoms with Gasteiger partial charge < -0.3 is 10.6 Å². The molecule has 0 radical (unpaired) electrons. The van der Waals surface area contributed by atoms with Gasteiger partial charge in [0.1, 0.15) is 5.82 Å². The summed E-state index contributed by atoms with van der Waals surface area (Å²) in [6.45, 7) is 7.26. The number of rotatable bonds is 8. The molecule has 7 nitrogen and oxygen atoms in total. The van der Waals surface area contributed by atoms with Crippen LogP contribution in [0.4, 0.5) is 23.1 Å². The molecule has 0 saturated heterocycles. The zero-order valence-corrected chi connectivity index (χ0v) is 22.6. The molecule has 0 aliphatic heterocycles. The van der Waals surface area contributed by atoms with Gasteiger partial charge in [0.15, 0.2) is 0 Å². The highest BCUT2D eigenvalue weighted by molar-refractivity contribution is 7.81. The first-order valence-electron chi connectivity index (χ1n) is 11.5. The number of anilines is 4. The molecule has 4 aromatic rings. The largest absolute Gasteiger partial charge is 0.365 e. The second-order valence-corrected chi connectivity index (χ2v) is 10.3. The summed E-state index contributed by atoms with van der Waals surface area (Å²) < 4.78 is 1.32. The fourth-order valence-corrected chi connectivity index (χ4v) is 3.74. The van der Waals surface area contributed by atoms with Gasteiger partial charge >= 0.3 is 0 Å². The quantitative estimate of drug-likeness (QED) is 0.121. The normalized spacial score (nSPS) is 11.5. The van der Waals surface area contributed by atoms with E-state index < -0.39 is 0 Å². The number of thiol groups is 1. The van der Waals surface area contributed by atoms with E-state index in [1.165, 1.54) is 9.98 Å². The number of hydrazone groups is 1. The molecule has 4 rings (SSSR count). The van der Waals surface area contributed by atoms with Crippen molar-refractivity contribution in [3.05, 3.63) is 95.9 Å². The lowest BCUT2D eigenvalue weighted by atomic mass is 9.87. The van der Waals surface area contributed by atoms with E-state index in [2.05, 4.69) is 104 Å². The van der Waals surface area contributed by atoms with Crippen LogP contribution in [0, 0.1) is 0 Å². The predicted molar refractivity (Wildman–Crippen MR) is 157 cm³/mol. The van der Waals surface area contributed by atoms with Crippen LogP contribution in [0.2, 0.25) is 0 Å². The van der Waals surface area contributed by atoms with Gasteiger partial charge in [0.05, 0.1) is 23.8 Å². The third-order valence-corrected chi connectivity index (χ3v) is 6.09. The zero-order valence-electron chi connectivity index (χ0n) is 20.6. The van der Waals surface area contributed by atoms with Crippen molar-refractivity contribution >= 4 is 56.7 Å². The molecule has 1 atom stereocenters. The van der Waals surface area contributed by atoms with Crippen LogP contribution in [0.15, 0.2) is 84.2 Å². The molecule has 2 aromatic heterocycles. The summed E-state index contributed by atoms with van der Waals surface area (Å²) in [6.07, 6.45) is 5.11. The van der Waals surface area contributed by atoms with Crippen molar-refractivity contribution in [2.45, 2.75) is 32.7 Å². The van der Waals surface area contributed by atoms with Crippen molar-refractivity contribution in [2.75, 3.05) is 15.0 Å². The summed E-state index contributed by atoms with van der Waals surface area (Å²) in [7, 11) is 2.64. The Balaban J connectivity index is 1.39. The first kappa shape index (κ1) is 25.6. The minimum absolute atomic E-state index is 0.0910. The lowest BCUT2D eigenvalue weighted by Crippen LogP contribution is -2.14. The summed E-state index contributed by atoms with van der Waals surface area (Å²) in [5.41, 5.74) is 5.14. The van der Waals surface area contributed by atoms with Crippen molar-refractivity contribution in [3.63, 3.8) is 0 Å². The van der Waals surface area contributed by atoms with E-state index in [-0.39, 0.29) is 5.41 Å². The molecule has 2 aromatic carbocycles. The van der Waals surface area contributed by atoms with E-state index in [0.29, 0.717) is 24.0 Å². The molecule has 0 bridgehead atoms. The van der Waals surface area contributed by atoms with Gasteiger partial charge in [-0.3, -0.25) is 4.98 Å². The third kappa shape index (κ3) is 7.03. The molecule has 0 aliphatic rings. The van der Waals surface area contributed by atoms with Crippen molar-refractivity contribution in [3.8, 4) is 0 Å². The van der Waals surface area contributed by atoms with Crippen molar-refractivity contribution in [2.24, 2.45) is 5.10 Å². The van der Waals surface area contributed by atoms with E-state index in [1.54, 1.807) is 18.6 Å². The number of benzene rings is 2. The molecule has 2 N–H and O–H groups in total. The lowest BCUT2D eigenvalue weighted by Gasteiger charge is -2.20. The molecule has 1 unspecified atom stereocenters. The smallest absolute Gasteiger partial charge is 0.258 e. The summed E-state index contributed by atoms with van der Waals surface area (Å²) in [5, 5.41) is 11.9. The van der Waals surface area contributed by atoms with Crippen molar-refractivity contribution in [1.29, 1.82) is 0 Å². The van der Waals surface area contributed by atoms with E-state index in [1.807, 2.05) is 36.4 Å². The maximum Gasteiger partial charge on any atom is 0.258 e. The predicted octanol–water partition coefficient (Wildman–Crippen LogP) is 5.71. The highest BCUT2D eigenvalue weighted by Crippen LogP contribution is 2.26. The highest BCUT2D eigenvalue weighted by atomic mass is 32.1. The van der Waals surface area contributed by atoms with Gasteiger partial charge in [0.2, 0.25) is 0 Å². The van der Waals surface area contributed by atoms with Crippen LogP contribution in [0.5, 0.6) is 0 Å².